The minimum Gasteiger partial charge on any atom is -0.497 e. The van der Waals surface area contributed by atoms with Gasteiger partial charge in [-0.3, -0.25) is 4.79 Å². The number of nitrogens with one attached hydrogen (secondary N) is 1. The van der Waals surface area contributed by atoms with Crippen LogP contribution in [0.25, 0.3) is 10.4 Å². The Morgan fingerprint density at radius 1 is 1.02 bits per heavy atom. The third-order valence-corrected chi connectivity index (χ3v) is 8.71. The van der Waals surface area contributed by atoms with E-state index in [2.05, 4.69) is 31.3 Å². The topological polar surface area (TPSA) is 147 Å². The number of carbonyl (C=O) groups excluding carboxylic acids is 1. The van der Waals surface area contributed by atoms with Gasteiger partial charge in [0, 0.05) is 52.2 Å². The van der Waals surface area contributed by atoms with Crippen molar-refractivity contribution < 1.29 is 28.8 Å². The average molecular weight is 715 g/mol. The van der Waals surface area contributed by atoms with Crippen LogP contribution >= 0.6 is 15.9 Å². The van der Waals surface area contributed by atoms with Crippen molar-refractivity contribution in [3.05, 3.63) is 128 Å². The first-order chi connectivity index (χ1) is 23.4. The van der Waals surface area contributed by atoms with Gasteiger partial charge < -0.3 is 29.4 Å². The first-order valence-electron chi connectivity index (χ1n) is 15.4. The smallest absolute Gasteiger partial charge is 0.252 e. The Bertz CT molecular complexity index is 1810. The van der Waals surface area contributed by atoms with Crippen LogP contribution in [0.1, 0.15) is 34.8 Å². The van der Waals surface area contributed by atoms with Crippen LogP contribution in [0.3, 0.4) is 0 Å². The van der Waals surface area contributed by atoms with Gasteiger partial charge in [-0.1, -0.05) is 63.5 Å². The molecule has 0 saturated carbocycles. The molecule has 0 fully saturated rings. The van der Waals surface area contributed by atoms with Crippen LogP contribution in [0.2, 0.25) is 0 Å². The zero-order valence-electron chi connectivity index (χ0n) is 26.6. The van der Waals surface area contributed by atoms with Gasteiger partial charge in [0.25, 0.3) is 5.91 Å². The Morgan fingerprint density at radius 2 is 1.77 bits per heavy atom. The summed E-state index contributed by atoms with van der Waals surface area (Å²) in [6.07, 6.45) is 0.208. The lowest BCUT2D eigenvalue weighted by Gasteiger charge is -2.31. The number of hydrogen-bond donors (Lipinski definition) is 2. The highest BCUT2D eigenvalue weighted by atomic mass is 79.9. The van der Waals surface area contributed by atoms with Crippen LogP contribution in [-0.2, 0) is 22.4 Å². The highest BCUT2D eigenvalue weighted by molar-refractivity contribution is 9.10. The maximum atomic E-state index is 14.7. The summed E-state index contributed by atoms with van der Waals surface area (Å²) in [4.78, 5) is 22.8. The molecule has 4 aromatic carbocycles. The van der Waals surface area contributed by atoms with Gasteiger partial charge in [0.1, 0.15) is 17.2 Å². The lowest BCUT2D eigenvalue weighted by molar-refractivity contribution is -0.128. The number of ether oxygens (including phenoxy) is 4. The first-order valence-corrected chi connectivity index (χ1v) is 16.2. The SMILES string of the molecule is COc1ccc(OC)c(CCNC(=O)[C@]2(Cc3ccccc3N=[N+]=[N-])N=C(c3ccc(OCCCO)cc3)O[C@@H]2c2ccccc2Br)c1. The maximum absolute atomic E-state index is 14.7. The predicted molar refractivity (Wildman–Crippen MR) is 186 cm³/mol. The fraction of sp³-hybridized carbons (Fsp3) is 0.278. The van der Waals surface area contributed by atoms with Crippen LogP contribution < -0.4 is 19.5 Å². The highest BCUT2D eigenvalue weighted by Gasteiger charge is 2.54. The third-order valence-electron chi connectivity index (χ3n) is 7.99. The largest absolute Gasteiger partial charge is 0.497 e. The number of nitrogens with zero attached hydrogens (tertiary/aromatic N) is 4. The molecule has 5 rings (SSSR count). The molecule has 12 heteroatoms. The summed E-state index contributed by atoms with van der Waals surface area (Å²) >= 11 is 3.67. The summed E-state index contributed by atoms with van der Waals surface area (Å²) in [5.41, 5.74) is 11.1. The van der Waals surface area contributed by atoms with Crippen molar-refractivity contribution in [2.75, 3.05) is 34.0 Å². The molecule has 0 aromatic heterocycles. The lowest BCUT2D eigenvalue weighted by atomic mass is 9.81. The summed E-state index contributed by atoms with van der Waals surface area (Å²) in [7, 11) is 3.20. The van der Waals surface area contributed by atoms with E-state index in [1.165, 1.54) is 0 Å². The predicted octanol–water partition coefficient (Wildman–Crippen LogP) is 7.03. The normalized spacial score (nSPS) is 16.7. The number of aliphatic hydroxyl groups is 1. The van der Waals surface area contributed by atoms with Gasteiger partial charge in [-0.25, -0.2) is 4.99 Å². The molecule has 0 saturated heterocycles. The van der Waals surface area contributed by atoms with E-state index in [-0.39, 0.29) is 31.4 Å². The van der Waals surface area contributed by atoms with Gasteiger partial charge in [0.05, 0.1) is 20.8 Å². The van der Waals surface area contributed by atoms with Crippen LogP contribution in [-0.4, -0.2) is 56.4 Å². The minimum absolute atomic E-state index is 0.0409. The average Bonchev–Trinajstić information content (AvgIpc) is 3.49. The molecule has 1 heterocycles. The van der Waals surface area contributed by atoms with E-state index in [1.807, 2.05) is 66.7 Å². The molecule has 1 aliphatic heterocycles. The van der Waals surface area contributed by atoms with Crippen molar-refractivity contribution >= 4 is 33.4 Å². The van der Waals surface area contributed by atoms with Crippen molar-refractivity contribution in [1.29, 1.82) is 0 Å². The molecule has 0 bridgehead atoms. The van der Waals surface area contributed by atoms with Gasteiger partial charge in [-0.2, -0.15) is 0 Å². The van der Waals surface area contributed by atoms with E-state index in [0.29, 0.717) is 53.5 Å². The van der Waals surface area contributed by atoms with Gasteiger partial charge in [-0.05, 0) is 71.6 Å². The number of benzene rings is 4. The Morgan fingerprint density at radius 3 is 2.50 bits per heavy atom. The van der Waals surface area contributed by atoms with Crippen LogP contribution in [0, 0.1) is 0 Å². The van der Waals surface area contributed by atoms with E-state index >= 15 is 0 Å². The van der Waals surface area contributed by atoms with Gasteiger partial charge in [-0.15, -0.1) is 0 Å². The standard InChI is InChI=1S/C36H36BrN5O6/c1-45-28-16-17-32(46-2)25(22-28)18-19-39-35(44)36(23-26-8-3-6-11-31(26)41-42-38)33(29-9-4-5-10-30(29)37)48-34(40-36)24-12-14-27(15-13-24)47-21-7-20-43/h3-6,8-17,22,33,43H,7,18-21,23H2,1-2H3,(H,39,44)/t33-,36-/m1/s1. The molecule has 0 radical (unpaired) electrons. The van der Waals surface area contributed by atoms with Gasteiger partial charge in [0.2, 0.25) is 5.90 Å². The Kier molecular flexibility index (Phi) is 11.6. The van der Waals surface area contributed by atoms with Gasteiger partial charge in [0.15, 0.2) is 11.6 Å². The molecule has 0 unspecified atom stereocenters. The molecule has 2 atom stereocenters. The first kappa shape index (κ1) is 34.3. The number of methoxy groups -OCH3 is 2. The summed E-state index contributed by atoms with van der Waals surface area (Å²) < 4.78 is 24.0. The van der Waals surface area contributed by atoms with Crippen LogP contribution in [0.4, 0.5) is 5.69 Å². The Balaban J connectivity index is 1.56. The summed E-state index contributed by atoms with van der Waals surface area (Å²) in [5, 5.41) is 16.1. The van der Waals surface area contributed by atoms with Crippen molar-refractivity contribution in [2.24, 2.45) is 10.1 Å². The molecular weight excluding hydrogens is 678 g/mol. The Labute approximate surface area is 287 Å². The molecule has 1 amide bonds. The van der Waals surface area contributed by atoms with Crippen LogP contribution in [0.5, 0.6) is 17.2 Å². The molecule has 4 aromatic rings. The quantitative estimate of drug-likeness (QED) is 0.0585. The van der Waals surface area contributed by atoms with Crippen molar-refractivity contribution in [3.8, 4) is 17.2 Å². The zero-order valence-corrected chi connectivity index (χ0v) is 28.2. The van der Waals surface area contributed by atoms with Crippen molar-refractivity contribution in [2.45, 2.75) is 30.9 Å². The number of rotatable bonds is 15. The third kappa shape index (κ3) is 7.74. The number of aliphatic imine (C=N–C) groups is 1. The van der Waals surface area contributed by atoms with Crippen molar-refractivity contribution in [1.82, 2.24) is 5.32 Å². The molecule has 0 spiro atoms. The molecule has 2 N–H and O–H groups in total. The zero-order chi connectivity index (χ0) is 33.9. The number of azide groups is 1. The fourth-order valence-corrected chi connectivity index (χ4v) is 6.08. The van der Waals surface area contributed by atoms with Gasteiger partial charge >= 0.3 is 0 Å². The lowest BCUT2D eigenvalue weighted by Crippen LogP contribution is -2.50. The van der Waals surface area contributed by atoms with E-state index in [0.717, 1.165) is 15.6 Å². The molecule has 1 aliphatic rings. The Hall–Kier alpha value is -5.03. The second-order valence-corrected chi connectivity index (χ2v) is 11.8. The van der Waals surface area contributed by atoms with Crippen molar-refractivity contribution in [3.63, 3.8) is 0 Å². The van der Waals surface area contributed by atoms with E-state index < -0.39 is 11.6 Å². The van der Waals surface area contributed by atoms with E-state index in [1.54, 1.807) is 38.5 Å². The number of amides is 1. The maximum Gasteiger partial charge on any atom is 0.252 e. The molecule has 11 nitrogen and oxygen atoms in total. The number of halogens is 1. The second-order valence-electron chi connectivity index (χ2n) is 11.0. The number of aliphatic hydroxyl groups excluding tert-OH is 1. The van der Waals surface area contributed by atoms with Crippen LogP contribution in [0.15, 0.2) is 106 Å². The summed E-state index contributed by atoms with van der Waals surface area (Å²) in [6.45, 7) is 0.696. The number of hydrogen-bond acceptors (Lipinski definition) is 8. The second kappa shape index (κ2) is 16.2. The summed E-state index contributed by atoms with van der Waals surface area (Å²) in [5.74, 6) is 1.92. The molecule has 248 valence electrons. The van der Waals surface area contributed by atoms with E-state index in [9.17, 15) is 10.3 Å². The fourth-order valence-electron chi connectivity index (χ4n) is 5.58. The number of carbonyl (C=O) groups is 1. The highest BCUT2D eigenvalue weighted by Crippen LogP contribution is 2.45. The molecule has 0 aliphatic carbocycles. The monoisotopic (exact) mass is 713 g/mol. The summed E-state index contributed by atoms with van der Waals surface area (Å²) in [6, 6.07) is 27.5. The van der Waals surface area contributed by atoms with E-state index in [4.69, 9.17) is 29.0 Å². The molecule has 48 heavy (non-hydrogen) atoms. The molecular formula is C36H36BrN5O6. The minimum atomic E-state index is -1.50.